The number of benzene rings is 1. The van der Waals surface area contributed by atoms with Gasteiger partial charge in [0.05, 0.1) is 10.2 Å². The van der Waals surface area contributed by atoms with Crippen LogP contribution in [0, 0.1) is 0 Å². The Kier molecular flexibility index (Phi) is 6.70. The van der Waals surface area contributed by atoms with Gasteiger partial charge in [0.25, 0.3) is 0 Å². The summed E-state index contributed by atoms with van der Waals surface area (Å²) in [5.41, 5.74) is -0.152. The Morgan fingerprint density at radius 2 is 1.93 bits per heavy atom. The van der Waals surface area contributed by atoms with Gasteiger partial charge < -0.3 is 20.1 Å². The number of aromatic nitrogens is 1. The van der Waals surface area contributed by atoms with E-state index < -0.39 is 18.1 Å². The second kappa shape index (κ2) is 8.63. The molecule has 0 aliphatic heterocycles. The van der Waals surface area contributed by atoms with Crippen molar-refractivity contribution in [2.24, 2.45) is 0 Å². The van der Waals surface area contributed by atoms with Gasteiger partial charge in [0.15, 0.2) is 5.13 Å². The largest absolute Gasteiger partial charge is 0.573 e. The lowest BCUT2D eigenvalue weighted by Gasteiger charge is -2.19. The number of hydrogen-bond donors (Lipinski definition) is 2. The maximum absolute atomic E-state index is 12.3. The van der Waals surface area contributed by atoms with Gasteiger partial charge in [0, 0.05) is 19.0 Å². The van der Waals surface area contributed by atoms with Crippen molar-refractivity contribution in [3.05, 3.63) is 18.2 Å². The van der Waals surface area contributed by atoms with Gasteiger partial charge in [-0.3, -0.25) is 4.79 Å². The number of fused-ring (bicyclic) bond motifs is 1. The number of amides is 2. The lowest BCUT2D eigenvalue weighted by atomic mass is 10.2. The number of thiazole rings is 1. The maximum Gasteiger partial charge on any atom is 0.573 e. The van der Waals surface area contributed by atoms with Gasteiger partial charge in [0.2, 0.25) is 5.91 Å². The highest BCUT2D eigenvalue weighted by Crippen LogP contribution is 2.31. The average Bonchev–Trinajstić information content (AvgIpc) is 2.89. The number of nitrogens with zero attached hydrogens (tertiary/aromatic N) is 1. The number of alkyl halides is 3. The highest BCUT2D eigenvalue weighted by Gasteiger charge is 2.31. The number of ether oxygens (including phenoxy) is 2. The molecule has 0 fully saturated rings. The van der Waals surface area contributed by atoms with E-state index in [1.165, 1.54) is 12.1 Å². The van der Waals surface area contributed by atoms with Crippen LogP contribution >= 0.6 is 11.3 Å². The van der Waals surface area contributed by atoms with Crippen molar-refractivity contribution in [3.63, 3.8) is 0 Å². The third kappa shape index (κ3) is 7.59. The lowest BCUT2D eigenvalue weighted by molar-refractivity contribution is -0.274. The van der Waals surface area contributed by atoms with Gasteiger partial charge in [-0.2, -0.15) is 0 Å². The number of halogens is 3. The molecule has 0 unspecified atom stereocenters. The fraction of sp³-hybridized carbons (Fsp3) is 0.471. The minimum absolute atomic E-state index is 0.133. The van der Waals surface area contributed by atoms with Crippen molar-refractivity contribution in [2.75, 3.05) is 11.9 Å². The van der Waals surface area contributed by atoms with E-state index in [2.05, 4.69) is 20.4 Å². The molecule has 11 heteroatoms. The van der Waals surface area contributed by atoms with E-state index in [1.807, 2.05) is 0 Å². The van der Waals surface area contributed by atoms with Crippen LogP contribution in [0.5, 0.6) is 5.75 Å². The monoisotopic (exact) mass is 419 g/mol. The summed E-state index contributed by atoms with van der Waals surface area (Å²) in [7, 11) is 0. The number of alkyl carbamates (subject to hydrolysis) is 1. The quantitative estimate of drug-likeness (QED) is 0.676. The van der Waals surface area contributed by atoms with E-state index in [9.17, 15) is 22.8 Å². The van der Waals surface area contributed by atoms with Gasteiger partial charge in [-0.15, -0.1) is 13.2 Å². The molecule has 1 heterocycles. The average molecular weight is 419 g/mol. The Hall–Kier alpha value is -2.56. The molecular formula is C17H20F3N3O4S. The fourth-order valence-electron chi connectivity index (χ4n) is 2.09. The Morgan fingerprint density at radius 3 is 2.57 bits per heavy atom. The molecule has 0 saturated carbocycles. The second-order valence-corrected chi connectivity index (χ2v) is 7.81. The van der Waals surface area contributed by atoms with E-state index >= 15 is 0 Å². The van der Waals surface area contributed by atoms with Crippen molar-refractivity contribution in [1.29, 1.82) is 0 Å². The Balaban J connectivity index is 1.82. The number of carbonyl (C=O) groups is 2. The number of hydrogen-bond acceptors (Lipinski definition) is 6. The molecule has 28 heavy (non-hydrogen) atoms. The molecule has 2 aromatic rings. The van der Waals surface area contributed by atoms with E-state index in [-0.39, 0.29) is 29.8 Å². The summed E-state index contributed by atoms with van der Waals surface area (Å²) in [5, 5.41) is 5.40. The molecule has 154 valence electrons. The van der Waals surface area contributed by atoms with Crippen molar-refractivity contribution in [3.8, 4) is 5.75 Å². The SMILES string of the molecule is CC(C)(C)OC(=O)NCCCC(=O)Nc1nc2ccc(OC(F)(F)F)cc2s1. The predicted octanol–water partition coefficient (Wildman–Crippen LogP) is 4.44. The van der Waals surface area contributed by atoms with Crippen LogP contribution in [0.25, 0.3) is 10.2 Å². The van der Waals surface area contributed by atoms with Crippen molar-refractivity contribution < 1.29 is 32.2 Å². The van der Waals surface area contributed by atoms with Gasteiger partial charge >= 0.3 is 12.5 Å². The molecule has 0 aliphatic rings. The Labute approximate surface area is 163 Å². The summed E-state index contributed by atoms with van der Waals surface area (Å²) in [6.45, 7) is 5.50. The topological polar surface area (TPSA) is 89.5 Å². The summed E-state index contributed by atoms with van der Waals surface area (Å²) < 4.78 is 46.2. The van der Waals surface area contributed by atoms with Crippen molar-refractivity contribution >= 4 is 38.7 Å². The summed E-state index contributed by atoms with van der Waals surface area (Å²) in [4.78, 5) is 27.6. The number of rotatable bonds is 6. The van der Waals surface area contributed by atoms with Crippen LogP contribution in [0.15, 0.2) is 18.2 Å². The molecule has 2 N–H and O–H groups in total. The first kappa shape index (κ1) is 21.7. The molecule has 1 aromatic heterocycles. The van der Waals surface area contributed by atoms with E-state index in [4.69, 9.17) is 4.74 Å². The third-order valence-corrected chi connectivity index (χ3v) is 4.02. The number of anilines is 1. The van der Waals surface area contributed by atoms with Crippen LogP contribution in [0.2, 0.25) is 0 Å². The maximum atomic E-state index is 12.3. The van der Waals surface area contributed by atoms with Gasteiger partial charge in [-0.1, -0.05) is 11.3 Å². The zero-order valence-electron chi connectivity index (χ0n) is 15.5. The van der Waals surface area contributed by atoms with Crippen LogP contribution in [0.1, 0.15) is 33.6 Å². The fourth-order valence-corrected chi connectivity index (χ4v) is 3.00. The first-order valence-electron chi connectivity index (χ1n) is 8.34. The Bertz CT molecular complexity index is 846. The van der Waals surface area contributed by atoms with Gasteiger partial charge in [-0.25, -0.2) is 9.78 Å². The minimum Gasteiger partial charge on any atom is -0.444 e. The van der Waals surface area contributed by atoms with Crippen LogP contribution in [-0.4, -0.2) is 35.5 Å². The van der Waals surface area contributed by atoms with Crippen molar-refractivity contribution in [1.82, 2.24) is 10.3 Å². The van der Waals surface area contributed by atoms with Crippen LogP contribution in [0.4, 0.5) is 23.1 Å². The molecule has 0 bridgehead atoms. The highest BCUT2D eigenvalue weighted by molar-refractivity contribution is 7.22. The van der Waals surface area contributed by atoms with Crippen molar-refractivity contribution in [2.45, 2.75) is 45.6 Å². The molecule has 0 atom stereocenters. The molecule has 0 saturated heterocycles. The van der Waals surface area contributed by atoms with Gasteiger partial charge in [-0.05, 0) is 39.3 Å². The summed E-state index contributed by atoms with van der Waals surface area (Å²) >= 11 is 1.04. The van der Waals surface area contributed by atoms with Gasteiger partial charge in [0.1, 0.15) is 11.4 Å². The predicted molar refractivity (Wildman–Crippen MR) is 98.4 cm³/mol. The standard InChI is InChI=1S/C17H20F3N3O4S/c1-16(2,3)27-15(25)21-8-4-5-13(24)23-14-22-11-7-6-10(9-12(11)28-14)26-17(18,19)20/h6-7,9H,4-5,8H2,1-3H3,(H,21,25)(H,22,23,24). The molecule has 1 aromatic carbocycles. The summed E-state index contributed by atoms with van der Waals surface area (Å²) in [5.74, 6) is -0.674. The highest BCUT2D eigenvalue weighted by atomic mass is 32.1. The van der Waals surface area contributed by atoms with Crippen LogP contribution in [-0.2, 0) is 9.53 Å². The number of carbonyl (C=O) groups excluding carboxylic acids is 2. The summed E-state index contributed by atoms with van der Waals surface area (Å²) in [6, 6.07) is 3.75. The lowest BCUT2D eigenvalue weighted by Crippen LogP contribution is -2.33. The van der Waals surface area contributed by atoms with E-state index in [1.54, 1.807) is 20.8 Å². The molecule has 2 amide bonds. The molecule has 7 nitrogen and oxygen atoms in total. The zero-order valence-corrected chi connectivity index (χ0v) is 16.3. The molecule has 0 radical (unpaired) electrons. The zero-order chi connectivity index (χ0) is 20.9. The normalized spacial score (nSPS) is 11.9. The number of nitrogens with one attached hydrogen (secondary N) is 2. The van der Waals surface area contributed by atoms with E-state index in [0.29, 0.717) is 16.6 Å². The first-order chi connectivity index (χ1) is 12.9. The van der Waals surface area contributed by atoms with E-state index in [0.717, 1.165) is 17.4 Å². The molecule has 2 rings (SSSR count). The minimum atomic E-state index is -4.78. The molecular weight excluding hydrogens is 399 g/mol. The third-order valence-electron chi connectivity index (χ3n) is 3.09. The second-order valence-electron chi connectivity index (χ2n) is 6.78. The van der Waals surface area contributed by atoms with Crippen LogP contribution < -0.4 is 15.4 Å². The molecule has 0 spiro atoms. The Morgan fingerprint density at radius 1 is 1.21 bits per heavy atom. The smallest absolute Gasteiger partial charge is 0.444 e. The molecule has 0 aliphatic carbocycles. The summed E-state index contributed by atoms with van der Waals surface area (Å²) in [6.07, 6.45) is -4.81. The van der Waals surface area contributed by atoms with Crippen LogP contribution in [0.3, 0.4) is 0 Å². The first-order valence-corrected chi connectivity index (χ1v) is 9.16.